The first-order chi connectivity index (χ1) is 18.4. The Labute approximate surface area is 229 Å². The van der Waals surface area contributed by atoms with Crippen molar-refractivity contribution in [2.75, 3.05) is 18.0 Å². The van der Waals surface area contributed by atoms with Gasteiger partial charge < -0.3 is 15.0 Å². The van der Waals surface area contributed by atoms with Gasteiger partial charge >= 0.3 is 0 Å². The molecular weight excluding hydrogens is 521 g/mol. The maximum absolute atomic E-state index is 13.9. The van der Waals surface area contributed by atoms with Gasteiger partial charge in [-0.2, -0.15) is 0 Å². The summed E-state index contributed by atoms with van der Waals surface area (Å²) in [4.78, 5) is 28.1. The molecule has 3 aromatic rings. The number of aryl methyl sites for hydroxylation is 1. The first-order valence-corrected chi connectivity index (χ1v) is 13.9. The predicted octanol–water partition coefficient (Wildman–Crippen LogP) is 4.28. The summed E-state index contributed by atoms with van der Waals surface area (Å²) < 4.78 is 47.5. The van der Waals surface area contributed by atoms with E-state index in [0.29, 0.717) is 11.3 Å². The molecule has 0 aliphatic heterocycles. The zero-order valence-electron chi connectivity index (χ0n) is 22.7. The standard InChI is InChI=1S/C29H34FN3O5S/c1-20(2)31-29(35)22(4)32(18-23-11-13-24(30)14-12-23)28(34)19-33(25-7-6-8-26(17-25)38-5)39(36,37)27-15-9-21(3)10-16-27/h6-17,20,22H,18-19H2,1-5H3,(H,31,35)/t22-/m1/s1. The van der Waals surface area contributed by atoms with Crippen LogP contribution in [0.4, 0.5) is 10.1 Å². The van der Waals surface area contributed by atoms with Gasteiger partial charge in [0.05, 0.1) is 17.7 Å². The van der Waals surface area contributed by atoms with Gasteiger partial charge in [0, 0.05) is 18.7 Å². The second kappa shape index (κ2) is 12.8. The first kappa shape index (κ1) is 29.6. The second-order valence-electron chi connectivity index (χ2n) is 9.51. The summed E-state index contributed by atoms with van der Waals surface area (Å²) in [5.74, 6) is -1.02. The number of carbonyl (C=O) groups excluding carboxylic acids is 2. The van der Waals surface area contributed by atoms with Gasteiger partial charge in [-0.3, -0.25) is 13.9 Å². The molecule has 0 saturated heterocycles. The molecule has 0 heterocycles. The van der Waals surface area contributed by atoms with Gasteiger partial charge in [0.15, 0.2) is 0 Å². The fourth-order valence-electron chi connectivity index (χ4n) is 3.91. The molecule has 10 heteroatoms. The van der Waals surface area contributed by atoms with Gasteiger partial charge in [-0.25, -0.2) is 12.8 Å². The summed E-state index contributed by atoms with van der Waals surface area (Å²) in [5.41, 5.74) is 1.70. The zero-order valence-corrected chi connectivity index (χ0v) is 23.5. The minimum atomic E-state index is -4.19. The van der Waals surface area contributed by atoms with E-state index in [9.17, 15) is 22.4 Å². The minimum absolute atomic E-state index is 0.0133. The van der Waals surface area contributed by atoms with E-state index in [2.05, 4.69) is 5.32 Å². The van der Waals surface area contributed by atoms with Crippen molar-refractivity contribution in [2.45, 2.75) is 51.2 Å². The molecular formula is C29H34FN3O5S. The third-order valence-electron chi connectivity index (χ3n) is 6.09. The highest BCUT2D eigenvalue weighted by Gasteiger charge is 2.32. The van der Waals surface area contributed by atoms with Crippen LogP contribution < -0.4 is 14.4 Å². The van der Waals surface area contributed by atoms with Gasteiger partial charge in [0.2, 0.25) is 11.8 Å². The van der Waals surface area contributed by atoms with E-state index in [1.54, 1.807) is 51.1 Å². The molecule has 3 aromatic carbocycles. The van der Waals surface area contributed by atoms with E-state index < -0.39 is 40.2 Å². The van der Waals surface area contributed by atoms with Gasteiger partial charge in [-0.05, 0) is 69.7 Å². The Morgan fingerprint density at radius 1 is 0.974 bits per heavy atom. The lowest BCUT2D eigenvalue weighted by molar-refractivity contribution is -0.139. The molecule has 3 rings (SSSR count). The van der Waals surface area contributed by atoms with Crippen LogP contribution >= 0.6 is 0 Å². The van der Waals surface area contributed by atoms with Crippen LogP contribution in [0.1, 0.15) is 31.9 Å². The lowest BCUT2D eigenvalue weighted by Gasteiger charge is -2.32. The van der Waals surface area contributed by atoms with Crippen LogP contribution in [0.3, 0.4) is 0 Å². The summed E-state index contributed by atoms with van der Waals surface area (Å²) in [5, 5.41) is 2.79. The number of amides is 2. The zero-order chi connectivity index (χ0) is 28.7. The highest BCUT2D eigenvalue weighted by molar-refractivity contribution is 7.92. The maximum Gasteiger partial charge on any atom is 0.264 e. The van der Waals surface area contributed by atoms with Crippen molar-refractivity contribution < 1.29 is 27.1 Å². The van der Waals surface area contributed by atoms with Crippen LogP contribution in [0.25, 0.3) is 0 Å². The number of ether oxygens (including phenoxy) is 1. The minimum Gasteiger partial charge on any atom is -0.497 e. The van der Waals surface area contributed by atoms with Crippen molar-refractivity contribution in [3.05, 3.63) is 89.7 Å². The van der Waals surface area contributed by atoms with Crippen molar-refractivity contribution in [3.8, 4) is 5.75 Å². The van der Waals surface area contributed by atoms with Crippen molar-refractivity contribution >= 4 is 27.5 Å². The molecule has 0 spiro atoms. The molecule has 1 atom stereocenters. The Bertz CT molecular complexity index is 1390. The molecule has 0 unspecified atom stereocenters. The fourth-order valence-corrected chi connectivity index (χ4v) is 5.31. The quantitative estimate of drug-likeness (QED) is 0.381. The lowest BCUT2D eigenvalue weighted by Crippen LogP contribution is -2.52. The van der Waals surface area contributed by atoms with Crippen molar-refractivity contribution in [1.29, 1.82) is 0 Å². The average Bonchev–Trinajstić information content (AvgIpc) is 2.90. The van der Waals surface area contributed by atoms with E-state index in [4.69, 9.17) is 4.74 Å². The lowest BCUT2D eigenvalue weighted by atomic mass is 10.1. The fraction of sp³-hybridized carbons (Fsp3) is 0.310. The SMILES string of the molecule is COc1cccc(N(CC(=O)N(Cc2ccc(F)cc2)[C@H](C)C(=O)NC(C)C)S(=O)(=O)c2ccc(C)cc2)c1. The van der Waals surface area contributed by atoms with Crippen LogP contribution in [0.2, 0.25) is 0 Å². The molecule has 208 valence electrons. The number of methoxy groups -OCH3 is 1. The average molecular weight is 556 g/mol. The van der Waals surface area contributed by atoms with E-state index in [0.717, 1.165) is 9.87 Å². The number of anilines is 1. The monoisotopic (exact) mass is 555 g/mol. The first-order valence-electron chi connectivity index (χ1n) is 12.5. The molecule has 39 heavy (non-hydrogen) atoms. The number of benzene rings is 3. The van der Waals surface area contributed by atoms with Gasteiger partial charge in [0.1, 0.15) is 24.2 Å². The summed E-state index contributed by atoms with van der Waals surface area (Å²) in [6.45, 7) is 6.41. The largest absolute Gasteiger partial charge is 0.497 e. The third-order valence-corrected chi connectivity index (χ3v) is 7.88. The molecule has 1 N–H and O–H groups in total. The van der Waals surface area contributed by atoms with E-state index in [1.807, 2.05) is 6.92 Å². The summed E-state index contributed by atoms with van der Waals surface area (Å²) in [6, 6.07) is 17.2. The van der Waals surface area contributed by atoms with Crippen LogP contribution in [-0.2, 0) is 26.2 Å². The highest BCUT2D eigenvalue weighted by Crippen LogP contribution is 2.28. The van der Waals surface area contributed by atoms with Crippen molar-refractivity contribution in [2.24, 2.45) is 0 Å². The predicted molar refractivity (Wildman–Crippen MR) is 148 cm³/mol. The van der Waals surface area contributed by atoms with Crippen LogP contribution in [0.5, 0.6) is 5.75 Å². The van der Waals surface area contributed by atoms with Gasteiger partial charge in [-0.15, -0.1) is 0 Å². The smallest absolute Gasteiger partial charge is 0.264 e. The number of hydrogen-bond donors (Lipinski definition) is 1. The Kier molecular flexibility index (Phi) is 9.69. The van der Waals surface area contributed by atoms with Crippen LogP contribution in [0, 0.1) is 12.7 Å². The Morgan fingerprint density at radius 3 is 2.21 bits per heavy atom. The van der Waals surface area contributed by atoms with Gasteiger partial charge in [-0.1, -0.05) is 35.9 Å². The van der Waals surface area contributed by atoms with E-state index >= 15 is 0 Å². The highest BCUT2D eigenvalue weighted by atomic mass is 32.2. The molecule has 2 amide bonds. The maximum atomic E-state index is 13.9. The number of nitrogens with zero attached hydrogens (tertiary/aromatic N) is 2. The molecule has 0 radical (unpaired) electrons. The molecule has 0 fully saturated rings. The molecule has 0 aliphatic rings. The van der Waals surface area contributed by atoms with Crippen LogP contribution in [0.15, 0.2) is 77.7 Å². The summed E-state index contributed by atoms with van der Waals surface area (Å²) in [6.07, 6.45) is 0. The summed E-state index contributed by atoms with van der Waals surface area (Å²) >= 11 is 0. The number of hydrogen-bond acceptors (Lipinski definition) is 5. The number of rotatable bonds is 11. The molecule has 0 aromatic heterocycles. The third kappa shape index (κ3) is 7.57. The van der Waals surface area contributed by atoms with Crippen molar-refractivity contribution in [1.82, 2.24) is 10.2 Å². The molecule has 0 saturated carbocycles. The number of carbonyl (C=O) groups is 2. The molecule has 0 bridgehead atoms. The topological polar surface area (TPSA) is 96.0 Å². The van der Waals surface area contributed by atoms with E-state index in [-0.39, 0.29) is 23.2 Å². The number of halogens is 1. The van der Waals surface area contributed by atoms with Gasteiger partial charge in [0.25, 0.3) is 10.0 Å². The number of sulfonamides is 1. The Morgan fingerprint density at radius 2 is 1.62 bits per heavy atom. The normalized spacial score (nSPS) is 12.1. The second-order valence-corrected chi connectivity index (χ2v) is 11.4. The Hall–Kier alpha value is -3.92. The molecule has 0 aliphatic carbocycles. The van der Waals surface area contributed by atoms with Crippen molar-refractivity contribution in [3.63, 3.8) is 0 Å². The Balaban J connectivity index is 2.04. The molecule has 8 nitrogen and oxygen atoms in total. The summed E-state index contributed by atoms with van der Waals surface area (Å²) in [7, 11) is -2.73. The van der Waals surface area contributed by atoms with E-state index in [1.165, 1.54) is 54.5 Å². The van der Waals surface area contributed by atoms with Crippen LogP contribution in [-0.4, -0.2) is 50.9 Å². The number of nitrogens with one attached hydrogen (secondary N) is 1.